The quantitative estimate of drug-likeness (QED) is 0.579. The van der Waals surface area contributed by atoms with Crippen molar-refractivity contribution in [3.05, 3.63) is 48.5 Å². The predicted molar refractivity (Wildman–Crippen MR) is 68.4 cm³/mol. The van der Waals surface area contributed by atoms with Crippen LogP contribution in [0.25, 0.3) is 21.8 Å². The van der Waals surface area contributed by atoms with Gasteiger partial charge in [-0.2, -0.15) is 0 Å². The van der Waals surface area contributed by atoms with Crippen LogP contribution in [0.4, 0.5) is 0 Å². The van der Waals surface area contributed by atoms with Gasteiger partial charge in [-0.25, -0.2) is 0 Å². The van der Waals surface area contributed by atoms with E-state index in [1.54, 1.807) is 0 Å². The lowest BCUT2D eigenvalue weighted by Gasteiger charge is -2.00. The van der Waals surface area contributed by atoms with Gasteiger partial charge in [-0.1, -0.05) is 52.3 Å². The standard InChI is InChI=1S/C13H10BrN/c14-9-15-12-7-3-1-5-10(12)11-6-2-4-8-13(11)15/h1-8H,9H2. The molecule has 1 aromatic heterocycles. The van der Waals surface area contributed by atoms with E-state index in [0.29, 0.717) is 0 Å². The molecule has 0 radical (unpaired) electrons. The minimum absolute atomic E-state index is 0.834. The number of hydrogen-bond donors (Lipinski definition) is 0. The Morgan fingerprint density at radius 3 is 1.73 bits per heavy atom. The molecule has 1 nitrogen and oxygen atoms in total. The first-order valence-corrected chi connectivity index (χ1v) is 6.06. The molecule has 0 aliphatic rings. The number of benzene rings is 2. The fourth-order valence-corrected chi connectivity index (χ4v) is 2.67. The average Bonchev–Trinajstić information content (AvgIpc) is 2.63. The molecule has 0 saturated carbocycles. The number of alkyl halides is 1. The molecule has 1 heterocycles. The molecule has 0 fully saturated rings. The summed E-state index contributed by atoms with van der Waals surface area (Å²) in [5, 5.41) is 2.65. The summed E-state index contributed by atoms with van der Waals surface area (Å²) in [4.78, 5) is 0. The maximum absolute atomic E-state index is 3.54. The van der Waals surface area contributed by atoms with Crippen molar-refractivity contribution in [2.45, 2.75) is 5.45 Å². The average molecular weight is 260 g/mol. The first-order valence-electron chi connectivity index (χ1n) is 4.94. The van der Waals surface area contributed by atoms with Gasteiger partial charge in [0.1, 0.15) is 0 Å². The molecular formula is C13H10BrN. The molecule has 2 heteroatoms. The molecule has 0 unspecified atom stereocenters. The Labute approximate surface area is 96.4 Å². The van der Waals surface area contributed by atoms with E-state index >= 15 is 0 Å². The second kappa shape index (κ2) is 3.38. The molecule has 3 aromatic rings. The molecule has 0 N–H and O–H groups in total. The van der Waals surface area contributed by atoms with Crippen LogP contribution in [0.15, 0.2) is 48.5 Å². The van der Waals surface area contributed by atoms with Crippen LogP contribution in [0.1, 0.15) is 0 Å². The van der Waals surface area contributed by atoms with Crippen LogP contribution >= 0.6 is 15.9 Å². The van der Waals surface area contributed by atoms with Gasteiger partial charge in [-0.3, -0.25) is 0 Å². The number of para-hydroxylation sites is 2. The van der Waals surface area contributed by atoms with Crippen molar-refractivity contribution in [1.29, 1.82) is 0 Å². The normalized spacial score (nSPS) is 11.3. The Morgan fingerprint density at radius 2 is 1.27 bits per heavy atom. The van der Waals surface area contributed by atoms with E-state index in [-0.39, 0.29) is 0 Å². The molecule has 2 aromatic carbocycles. The van der Waals surface area contributed by atoms with Crippen LogP contribution in [-0.2, 0) is 5.45 Å². The summed E-state index contributed by atoms with van der Waals surface area (Å²) in [5.41, 5.74) is 3.41. The van der Waals surface area contributed by atoms with Crippen molar-refractivity contribution in [3.63, 3.8) is 0 Å². The van der Waals surface area contributed by atoms with Gasteiger partial charge in [0, 0.05) is 21.8 Å². The van der Waals surface area contributed by atoms with Gasteiger partial charge in [0.25, 0.3) is 0 Å². The molecular weight excluding hydrogens is 250 g/mol. The third-order valence-electron chi connectivity index (χ3n) is 2.80. The lowest BCUT2D eigenvalue weighted by molar-refractivity contribution is 0.999. The van der Waals surface area contributed by atoms with Gasteiger partial charge < -0.3 is 4.57 Å². The smallest absolute Gasteiger partial charge is 0.0785 e. The highest BCUT2D eigenvalue weighted by molar-refractivity contribution is 9.08. The molecule has 0 amide bonds. The fraction of sp³-hybridized carbons (Fsp3) is 0.0769. The van der Waals surface area contributed by atoms with Crippen LogP contribution in [0.3, 0.4) is 0 Å². The van der Waals surface area contributed by atoms with Gasteiger partial charge in [0.05, 0.1) is 5.45 Å². The largest absolute Gasteiger partial charge is 0.330 e. The first kappa shape index (κ1) is 8.98. The Bertz CT molecular complexity index is 571. The topological polar surface area (TPSA) is 4.93 Å². The zero-order chi connectivity index (χ0) is 10.3. The molecule has 74 valence electrons. The second-order valence-corrected chi connectivity index (χ2v) is 4.08. The summed E-state index contributed by atoms with van der Waals surface area (Å²) in [7, 11) is 0. The summed E-state index contributed by atoms with van der Waals surface area (Å²) in [6.45, 7) is 0. The molecule has 0 atom stereocenters. The van der Waals surface area contributed by atoms with Crippen LogP contribution in [-0.4, -0.2) is 4.57 Å². The molecule has 0 spiro atoms. The van der Waals surface area contributed by atoms with Crippen LogP contribution < -0.4 is 0 Å². The van der Waals surface area contributed by atoms with Crippen molar-refractivity contribution >= 4 is 37.7 Å². The van der Waals surface area contributed by atoms with Gasteiger partial charge >= 0.3 is 0 Å². The number of aromatic nitrogens is 1. The zero-order valence-electron chi connectivity index (χ0n) is 8.15. The lowest BCUT2D eigenvalue weighted by atomic mass is 10.2. The minimum atomic E-state index is 0.834. The highest BCUT2D eigenvalue weighted by atomic mass is 79.9. The van der Waals surface area contributed by atoms with Crippen molar-refractivity contribution in [2.24, 2.45) is 0 Å². The van der Waals surface area contributed by atoms with Gasteiger partial charge in [-0.05, 0) is 12.1 Å². The Hall–Kier alpha value is -1.28. The molecule has 0 saturated heterocycles. The second-order valence-electron chi connectivity index (χ2n) is 3.58. The SMILES string of the molecule is BrCn1c2ccccc2c2ccccc21. The molecule has 0 bridgehead atoms. The number of fused-ring (bicyclic) bond motifs is 3. The van der Waals surface area contributed by atoms with E-state index < -0.39 is 0 Å². The summed E-state index contributed by atoms with van der Waals surface area (Å²) in [6, 6.07) is 17.0. The molecule has 3 rings (SSSR count). The van der Waals surface area contributed by atoms with Crippen molar-refractivity contribution in [1.82, 2.24) is 4.57 Å². The van der Waals surface area contributed by atoms with E-state index in [1.165, 1.54) is 21.8 Å². The summed E-state index contributed by atoms with van der Waals surface area (Å²) >= 11 is 3.54. The minimum Gasteiger partial charge on any atom is -0.330 e. The van der Waals surface area contributed by atoms with Crippen LogP contribution in [0.5, 0.6) is 0 Å². The van der Waals surface area contributed by atoms with Gasteiger partial charge in [0.15, 0.2) is 0 Å². The zero-order valence-corrected chi connectivity index (χ0v) is 9.74. The van der Waals surface area contributed by atoms with Crippen molar-refractivity contribution in [2.75, 3.05) is 0 Å². The Morgan fingerprint density at radius 1 is 0.800 bits per heavy atom. The van der Waals surface area contributed by atoms with Gasteiger partial charge in [-0.15, -0.1) is 0 Å². The van der Waals surface area contributed by atoms with E-state index in [1.807, 2.05) is 0 Å². The number of halogens is 1. The van der Waals surface area contributed by atoms with Crippen LogP contribution in [0.2, 0.25) is 0 Å². The summed E-state index contributed by atoms with van der Waals surface area (Å²) < 4.78 is 2.28. The van der Waals surface area contributed by atoms with Gasteiger partial charge in [0.2, 0.25) is 0 Å². The van der Waals surface area contributed by atoms with Crippen molar-refractivity contribution in [3.8, 4) is 0 Å². The van der Waals surface area contributed by atoms with Crippen LogP contribution in [0, 0.1) is 0 Å². The highest BCUT2D eigenvalue weighted by Gasteiger charge is 2.07. The Kier molecular flexibility index (Phi) is 2.03. The first-order chi connectivity index (χ1) is 7.42. The van der Waals surface area contributed by atoms with E-state index in [2.05, 4.69) is 69.0 Å². The third kappa shape index (κ3) is 1.21. The van der Waals surface area contributed by atoms with E-state index in [0.717, 1.165) is 5.45 Å². The predicted octanol–water partition coefficient (Wildman–Crippen LogP) is 4.15. The van der Waals surface area contributed by atoms with E-state index in [9.17, 15) is 0 Å². The summed E-state index contributed by atoms with van der Waals surface area (Å²) in [5.74, 6) is 0. The monoisotopic (exact) mass is 259 g/mol. The third-order valence-corrected chi connectivity index (χ3v) is 3.30. The molecule has 0 aliphatic heterocycles. The summed E-state index contributed by atoms with van der Waals surface area (Å²) in [6.07, 6.45) is 0. The maximum atomic E-state index is 3.54. The Balaban J connectivity index is 2.62. The molecule has 0 aliphatic carbocycles. The lowest BCUT2D eigenvalue weighted by Crippen LogP contribution is -1.89. The number of hydrogen-bond acceptors (Lipinski definition) is 0. The van der Waals surface area contributed by atoms with E-state index in [4.69, 9.17) is 0 Å². The highest BCUT2D eigenvalue weighted by Crippen LogP contribution is 2.28. The molecule has 15 heavy (non-hydrogen) atoms. The number of rotatable bonds is 1. The van der Waals surface area contributed by atoms with Crippen molar-refractivity contribution < 1.29 is 0 Å². The number of nitrogens with zero attached hydrogens (tertiary/aromatic N) is 1. The fourth-order valence-electron chi connectivity index (χ4n) is 2.13. The maximum Gasteiger partial charge on any atom is 0.0785 e.